The highest BCUT2D eigenvalue weighted by molar-refractivity contribution is 5.50. The van der Waals surface area contributed by atoms with Gasteiger partial charge in [-0.2, -0.15) is 5.10 Å². The Kier molecular flexibility index (Phi) is 3.22. The standard InChI is InChI=1S/C11H13N5O2/c1-3-12-10-6-9(16(17)18)7-11(13-10)15-5-4-8(2)14-15/h4-7H,3H2,1-2H3,(H,12,13). The minimum Gasteiger partial charge on any atom is -0.370 e. The Labute approximate surface area is 104 Å². The van der Waals surface area contributed by atoms with E-state index in [1.807, 2.05) is 19.9 Å². The Morgan fingerprint density at radius 1 is 1.50 bits per heavy atom. The average Bonchev–Trinajstić information content (AvgIpc) is 2.76. The Balaban J connectivity index is 2.49. The van der Waals surface area contributed by atoms with Gasteiger partial charge < -0.3 is 5.32 Å². The maximum atomic E-state index is 10.9. The lowest BCUT2D eigenvalue weighted by Gasteiger charge is -2.05. The molecule has 2 aromatic heterocycles. The lowest BCUT2D eigenvalue weighted by Crippen LogP contribution is -2.05. The van der Waals surface area contributed by atoms with E-state index in [9.17, 15) is 10.1 Å². The molecule has 7 heteroatoms. The van der Waals surface area contributed by atoms with Crippen LogP contribution in [0.15, 0.2) is 24.4 Å². The molecule has 0 aromatic carbocycles. The molecule has 0 saturated heterocycles. The van der Waals surface area contributed by atoms with Gasteiger partial charge in [0.25, 0.3) is 5.69 Å². The molecule has 0 atom stereocenters. The van der Waals surface area contributed by atoms with Crippen molar-refractivity contribution in [3.8, 4) is 5.82 Å². The van der Waals surface area contributed by atoms with Gasteiger partial charge in [0.2, 0.25) is 0 Å². The lowest BCUT2D eigenvalue weighted by molar-refractivity contribution is -0.384. The van der Waals surface area contributed by atoms with E-state index in [1.54, 1.807) is 6.20 Å². The van der Waals surface area contributed by atoms with Gasteiger partial charge in [0.15, 0.2) is 5.82 Å². The van der Waals surface area contributed by atoms with Gasteiger partial charge in [-0.3, -0.25) is 10.1 Å². The molecule has 0 radical (unpaired) electrons. The first-order valence-corrected chi connectivity index (χ1v) is 5.53. The third kappa shape index (κ3) is 2.45. The molecule has 94 valence electrons. The summed E-state index contributed by atoms with van der Waals surface area (Å²) in [6.45, 7) is 4.39. The van der Waals surface area contributed by atoms with E-state index >= 15 is 0 Å². The summed E-state index contributed by atoms with van der Waals surface area (Å²) in [7, 11) is 0. The van der Waals surface area contributed by atoms with Crippen molar-refractivity contribution in [1.29, 1.82) is 0 Å². The molecule has 0 spiro atoms. The highest BCUT2D eigenvalue weighted by atomic mass is 16.6. The molecule has 2 rings (SSSR count). The first-order chi connectivity index (χ1) is 8.60. The average molecular weight is 247 g/mol. The van der Waals surface area contributed by atoms with Gasteiger partial charge >= 0.3 is 0 Å². The van der Waals surface area contributed by atoms with Crippen molar-refractivity contribution in [3.05, 3.63) is 40.2 Å². The Morgan fingerprint density at radius 2 is 2.28 bits per heavy atom. The number of aryl methyl sites for hydroxylation is 1. The molecule has 0 unspecified atom stereocenters. The first-order valence-electron chi connectivity index (χ1n) is 5.53. The van der Waals surface area contributed by atoms with Crippen LogP contribution >= 0.6 is 0 Å². The van der Waals surface area contributed by atoms with Crippen LogP contribution in [-0.2, 0) is 0 Å². The van der Waals surface area contributed by atoms with E-state index in [0.717, 1.165) is 5.69 Å². The number of rotatable bonds is 4. The molecule has 0 aliphatic heterocycles. The van der Waals surface area contributed by atoms with Crippen LogP contribution in [0, 0.1) is 17.0 Å². The largest absolute Gasteiger partial charge is 0.370 e. The van der Waals surface area contributed by atoms with E-state index in [1.165, 1.54) is 16.8 Å². The molecular formula is C11H13N5O2. The van der Waals surface area contributed by atoms with Crippen LogP contribution in [0.25, 0.3) is 5.82 Å². The molecule has 0 aliphatic rings. The van der Waals surface area contributed by atoms with Crippen LogP contribution < -0.4 is 5.32 Å². The third-order valence-corrected chi connectivity index (χ3v) is 2.32. The highest BCUT2D eigenvalue weighted by Crippen LogP contribution is 2.19. The van der Waals surface area contributed by atoms with E-state index in [0.29, 0.717) is 18.2 Å². The molecule has 0 saturated carbocycles. The van der Waals surface area contributed by atoms with E-state index in [4.69, 9.17) is 0 Å². The predicted octanol–water partition coefficient (Wildman–Crippen LogP) is 1.92. The molecule has 7 nitrogen and oxygen atoms in total. The maximum absolute atomic E-state index is 10.9. The second-order valence-corrected chi connectivity index (χ2v) is 3.76. The highest BCUT2D eigenvalue weighted by Gasteiger charge is 2.12. The summed E-state index contributed by atoms with van der Waals surface area (Å²) in [6, 6.07) is 4.62. The number of nitro groups is 1. The fourth-order valence-corrected chi connectivity index (χ4v) is 1.54. The molecular weight excluding hydrogens is 234 g/mol. The van der Waals surface area contributed by atoms with Crippen LogP contribution in [0.5, 0.6) is 0 Å². The minimum atomic E-state index is -0.442. The van der Waals surface area contributed by atoms with E-state index < -0.39 is 4.92 Å². The first kappa shape index (κ1) is 12.0. The second-order valence-electron chi connectivity index (χ2n) is 3.76. The van der Waals surface area contributed by atoms with Crippen molar-refractivity contribution >= 4 is 11.5 Å². The van der Waals surface area contributed by atoms with Crippen molar-refractivity contribution in [2.24, 2.45) is 0 Å². The number of hydrogen-bond donors (Lipinski definition) is 1. The van der Waals surface area contributed by atoms with Crippen LogP contribution in [-0.4, -0.2) is 26.2 Å². The summed E-state index contributed by atoms with van der Waals surface area (Å²) >= 11 is 0. The molecule has 0 fully saturated rings. The minimum absolute atomic E-state index is 0.0101. The summed E-state index contributed by atoms with van der Waals surface area (Å²) in [4.78, 5) is 14.7. The zero-order valence-electron chi connectivity index (χ0n) is 10.1. The number of anilines is 1. The molecule has 0 aliphatic carbocycles. The van der Waals surface area contributed by atoms with Crippen molar-refractivity contribution in [1.82, 2.24) is 14.8 Å². The Hall–Kier alpha value is -2.44. The van der Waals surface area contributed by atoms with Gasteiger partial charge in [-0.25, -0.2) is 9.67 Å². The zero-order chi connectivity index (χ0) is 13.1. The summed E-state index contributed by atoms with van der Waals surface area (Å²) in [5.41, 5.74) is 0.817. The van der Waals surface area contributed by atoms with Crippen molar-refractivity contribution < 1.29 is 4.92 Å². The molecule has 2 aromatic rings. The maximum Gasteiger partial charge on any atom is 0.276 e. The fraction of sp³-hybridized carbons (Fsp3) is 0.273. The topological polar surface area (TPSA) is 85.9 Å². The fourth-order valence-electron chi connectivity index (χ4n) is 1.54. The van der Waals surface area contributed by atoms with Gasteiger partial charge in [0, 0.05) is 12.7 Å². The summed E-state index contributed by atoms with van der Waals surface area (Å²) in [5, 5.41) is 18.0. The Bertz CT molecular complexity index is 579. The number of aromatic nitrogens is 3. The van der Waals surface area contributed by atoms with Gasteiger partial charge in [0.1, 0.15) is 5.82 Å². The van der Waals surface area contributed by atoms with Gasteiger partial charge in [-0.15, -0.1) is 0 Å². The second kappa shape index (κ2) is 4.82. The predicted molar refractivity (Wildman–Crippen MR) is 66.9 cm³/mol. The number of nitrogens with zero attached hydrogens (tertiary/aromatic N) is 4. The van der Waals surface area contributed by atoms with Crippen molar-refractivity contribution in [3.63, 3.8) is 0 Å². The lowest BCUT2D eigenvalue weighted by atomic mass is 10.3. The van der Waals surface area contributed by atoms with E-state index in [-0.39, 0.29) is 5.69 Å². The summed E-state index contributed by atoms with van der Waals surface area (Å²) < 4.78 is 1.52. The molecule has 0 amide bonds. The van der Waals surface area contributed by atoms with Crippen LogP contribution in [0.2, 0.25) is 0 Å². The number of hydrogen-bond acceptors (Lipinski definition) is 5. The van der Waals surface area contributed by atoms with Crippen LogP contribution in [0.1, 0.15) is 12.6 Å². The van der Waals surface area contributed by atoms with Gasteiger partial charge in [0.05, 0.1) is 22.7 Å². The van der Waals surface area contributed by atoms with Gasteiger partial charge in [-0.05, 0) is 19.9 Å². The van der Waals surface area contributed by atoms with Gasteiger partial charge in [-0.1, -0.05) is 0 Å². The monoisotopic (exact) mass is 247 g/mol. The quantitative estimate of drug-likeness (QED) is 0.658. The summed E-state index contributed by atoms with van der Waals surface area (Å²) in [6.07, 6.45) is 1.72. The van der Waals surface area contributed by atoms with Crippen molar-refractivity contribution in [2.45, 2.75) is 13.8 Å². The summed E-state index contributed by atoms with van der Waals surface area (Å²) in [5.74, 6) is 0.892. The molecule has 0 bridgehead atoms. The third-order valence-electron chi connectivity index (χ3n) is 2.32. The number of pyridine rings is 1. The van der Waals surface area contributed by atoms with Crippen molar-refractivity contribution in [2.75, 3.05) is 11.9 Å². The normalized spacial score (nSPS) is 10.3. The zero-order valence-corrected chi connectivity index (χ0v) is 10.1. The SMILES string of the molecule is CCNc1cc([N+](=O)[O-])cc(-n2ccc(C)n2)n1. The van der Waals surface area contributed by atoms with Crippen LogP contribution in [0.3, 0.4) is 0 Å². The molecule has 18 heavy (non-hydrogen) atoms. The Morgan fingerprint density at radius 3 is 2.83 bits per heavy atom. The van der Waals surface area contributed by atoms with E-state index in [2.05, 4.69) is 15.4 Å². The smallest absolute Gasteiger partial charge is 0.276 e. The van der Waals surface area contributed by atoms with Crippen LogP contribution in [0.4, 0.5) is 11.5 Å². The molecule has 2 heterocycles. The molecule has 1 N–H and O–H groups in total. The number of nitrogens with one attached hydrogen (secondary N) is 1.